The van der Waals surface area contributed by atoms with E-state index in [9.17, 15) is 4.79 Å². The van der Waals surface area contributed by atoms with Crippen LogP contribution in [0.1, 0.15) is 46.5 Å². The first kappa shape index (κ1) is 16.4. The molecule has 0 saturated heterocycles. The zero-order valence-electron chi connectivity index (χ0n) is 11.6. The van der Waals surface area contributed by atoms with E-state index >= 15 is 0 Å². The van der Waals surface area contributed by atoms with Crippen LogP contribution >= 0.6 is 0 Å². The summed E-state index contributed by atoms with van der Waals surface area (Å²) in [5.74, 6) is 0.0822. The number of hydrogen-bond acceptors (Lipinski definition) is 3. The molecule has 1 atom stereocenters. The van der Waals surface area contributed by atoms with E-state index in [1.165, 1.54) is 6.42 Å². The lowest BCUT2D eigenvalue weighted by Gasteiger charge is -2.13. The lowest BCUT2D eigenvalue weighted by molar-refractivity contribution is -0.122. The number of carbonyl (C=O) groups excluding carboxylic acids is 1. The van der Waals surface area contributed by atoms with Crippen molar-refractivity contribution in [2.45, 2.75) is 52.5 Å². The molecule has 0 aromatic rings. The monoisotopic (exact) mass is 244 g/mol. The minimum Gasteiger partial charge on any atom is -0.381 e. The van der Waals surface area contributed by atoms with Crippen molar-refractivity contribution in [1.29, 1.82) is 0 Å². The maximum atomic E-state index is 11.5. The summed E-state index contributed by atoms with van der Waals surface area (Å²) in [6, 6.07) is -0.114. The molecule has 0 rings (SSSR count). The number of unbranched alkanes of at least 4 members (excludes halogenated alkanes) is 1. The van der Waals surface area contributed by atoms with Gasteiger partial charge in [-0.3, -0.25) is 4.79 Å². The summed E-state index contributed by atoms with van der Waals surface area (Å²) in [6.45, 7) is 9.30. The predicted molar refractivity (Wildman–Crippen MR) is 71.1 cm³/mol. The Morgan fingerprint density at radius 3 is 2.47 bits per heavy atom. The van der Waals surface area contributed by atoms with E-state index in [0.717, 1.165) is 45.6 Å². The molecule has 0 aliphatic heterocycles. The summed E-state index contributed by atoms with van der Waals surface area (Å²) in [5.41, 5.74) is 0. The van der Waals surface area contributed by atoms with Crippen LogP contribution in [0, 0.1) is 0 Å². The summed E-state index contributed by atoms with van der Waals surface area (Å²) < 4.78 is 5.44. The van der Waals surface area contributed by atoms with Gasteiger partial charge in [-0.1, -0.05) is 20.3 Å². The molecular formula is C13H28N2O2. The molecule has 17 heavy (non-hydrogen) atoms. The second-order valence-electron chi connectivity index (χ2n) is 4.29. The van der Waals surface area contributed by atoms with Gasteiger partial charge in [0, 0.05) is 19.8 Å². The van der Waals surface area contributed by atoms with Crippen molar-refractivity contribution >= 4 is 5.91 Å². The highest BCUT2D eigenvalue weighted by Gasteiger charge is 2.09. The minimum atomic E-state index is -0.114. The van der Waals surface area contributed by atoms with Gasteiger partial charge in [0.15, 0.2) is 0 Å². The van der Waals surface area contributed by atoms with Crippen LogP contribution < -0.4 is 10.6 Å². The fraction of sp³-hybridized carbons (Fsp3) is 0.923. The predicted octanol–water partition coefficient (Wildman–Crippen LogP) is 1.70. The van der Waals surface area contributed by atoms with Gasteiger partial charge in [0.25, 0.3) is 0 Å². The van der Waals surface area contributed by atoms with E-state index in [1.807, 2.05) is 13.8 Å². The van der Waals surface area contributed by atoms with E-state index in [-0.39, 0.29) is 11.9 Å². The number of hydrogen-bond donors (Lipinski definition) is 2. The molecular weight excluding hydrogens is 216 g/mol. The van der Waals surface area contributed by atoms with Crippen LogP contribution in [0.15, 0.2) is 0 Å². The largest absolute Gasteiger partial charge is 0.381 e. The summed E-state index contributed by atoms with van der Waals surface area (Å²) in [5, 5.41) is 6.06. The maximum absolute atomic E-state index is 11.5. The smallest absolute Gasteiger partial charge is 0.236 e. The van der Waals surface area contributed by atoms with Crippen molar-refractivity contribution in [2.75, 3.05) is 26.3 Å². The Bertz CT molecular complexity index is 186. The van der Waals surface area contributed by atoms with Crippen molar-refractivity contribution in [3.8, 4) is 0 Å². The van der Waals surface area contributed by atoms with Gasteiger partial charge in [0.1, 0.15) is 0 Å². The Morgan fingerprint density at radius 1 is 1.12 bits per heavy atom. The molecule has 4 nitrogen and oxygen atoms in total. The van der Waals surface area contributed by atoms with Crippen molar-refractivity contribution < 1.29 is 9.53 Å². The first-order valence-electron chi connectivity index (χ1n) is 6.81. The minimum absolute atomic E-state index is 0.0822. The Labute approximate surface area is 105 Å². The van der Waals surface area contributed by atoms with Crippen LogP contribution in [0.4, 0.5) is 0 Å². The van der Waals surface area contributed by atoms with Gasteiger partial charge in [0.05, 0.1) is 6.04 Å². The lowest BCUT2D eigenvalue weighted by Crippen LogP contribution is -2.42. The van der Waals surface area contributed by atoms with Gasteiger partial charge in [-0.05, 0) is 32.7 Å². The summed E-state index contributed by atoms with van der Waals surface area (Å²) in [6.07, 6.45) is 4.23. The molecule has 0 aromatic heterocycles. The van der Waals surface area contributed by atoms with Gasteiger partial charge in [-0.2, -0.15) is 0 Å². The number of carbonyl (C=O) groups is 1. The molecule has 2 N–H and O–H groups in total. The normalized spacial score (nSPS) is 12.4. The molecule has 1 amide bonds. The molecule has 0 aliphatic carbocycles. The van der Waals surface area contributed by atoms with E-state index < -0.39 is 0 Å². The van der Waals surface area contributed by atoms with Gasteiger partial charge in [-0.25, -0.2) is 0 Å². The second kappa shape index (κ2) is 11.9. The summed E-state index contributed by atoms with van der Waals surface area (Å²) in [7, 11) is 0. The standard InChI is InChI=1S/C13H28N2O2/c1-4-6-10-17-11-7-9-14-12(3)13(16)15-8-5-2/h12,14H,4-11H2,1-3H3,(H,15,16). The number of amides is 1. The molecule has 0 radical (unpaired) electrons. The molecule has 0 fully saturated rings. The zero-order valence-corrected chi connectivity index (χ0v) is 11.6. The van der Waals surface area contributed by atoms with Crippen LogP contribution in [0.3, 0.4) is 0 Å². The second-order valence-corrected chi connectivity index (χ2v) is 4.29. The Balaban J connectivity index is 3.32. The van der Waals surface area contributed by atoms with Crippen LogP contribution in [-0.2, 0) is 9.53 Å². The molecule has 0 bridgehead atoms. The molecule has 0 heterocycles. The Kier molecular flexibility index (Phi) is 11.4. The third-order valence-corrected chi connectivity index (χ3v) is 2.50. The Morgan fingerprint density at radius 2 is 1.82 bits per heavy atom. The quantitative estimate of drug-likeness (QED) is 0.544. The first-order chi connectivity index (χ1) is 8.22. The number of rotatable bonds is 11. The fourth-order valence-electron chi connectivity index (χ4n) is 1.34. The molecule has 0 saturated carbocycles. The van der Waals surface area contributed by atoms with Crippen LogP contribution in [0.25, 0.3) is 0 Å². The van der Waals surface area contributed by atoms with Crippen molar-refractivity contribution in [3.05, 3.63) is 0 Å². The third kappa shape index (κ3) is 10.3. The molecule has 1 unspecified atom stereocenters. The topological polar surface area (TPSA) is 50.4 Å². The highest BCUT2D eigenvalue weighted by atomic mass is 16.5. The lowest BCUT2D eigenvalue weighted by atomic mass is 10.3. The first-order valence-corrected chi connectivity index (χ1v) is 6.81. The molecule has 0 spiro atoms. The molecule has 0 aliphatic rings. The highest BCUT2D eigenvalue weighted by molar-refractivity contribution is 5.81. The van der Waals surface area contributed by atoms with Crippen LogP contribution in [-0.4, -0.2) is 38.3 Å². The fourth-order valence-corrected chi connectivity index (χ4v) is 1.34. The number of ether oxygens (including phenoxy) is 1. The molecule has 102 valence electrons. The van der Waals surface area contributed by atoms with Crippen molar-refractivity contribution in [2.24, 2.45) is 0 Å². The summed E-state index contributed by atoms with van der Waals surface area (Å²) in [4.78, 5) is 11.5. The third-order valence-electron chi connectivity index (χ3n) is 2.50. The van der Waals surface area contributed by atoms with Gasteiger partial charge in [-0.15, -0.1) is 0 Å². The van der Waals surface area contributed by atoms with Crippen molar-refractivity contribution in [3.63, 3.8) is 0 Å². The molecule has 4 heteroatoms. The van der Waals surface area contributed by atoms with E-state index in [1.54, 1.807) is 0 Å². The van der Waals surface area contributed by atoms with Crippen LogP contribution in [0.2, 0.25) is 0 Å². The number of nitrogens with one attached hydrogen (secondary N) is 2. The zero-order chi connectivity index (χ0) is 12.9. The SMILES string of the molecule is CCCCOCCCNC(C)C(=O)NCCC. The average Bonchev–Trinajstić information content (AvgIpc) is 2.34. The Hall–Kier alpha value is -0.610. The van der Waals surface area contributed by atoms with E-state index in [2.05, 4.69) is 17.6 Å². The van der Waals surface area contributed by atoms with E-state index in [4.69, 9.17) is 4.74 Å². The van der Waals surface area contributed by atoms with Crippen molar-refractivity contribution in [1.82, 2.24) is 10.6 Å². The van der Waals surface area contributed by atoms with Gasteiger partial charge in [0.2, 0.25) is 5.91 Å². The van der Waals surface area contributed by atoms with E-state index in [0.29, 0.717) is 0 Å². The van der Waals surface area contributed by atoms with Gasteiger partial charge >= 0.3 is 0 Å². The summed E-state index contributed by atoms with van der Waals surface area (Å²) >= 11 is 0. The highest BCUT2D eigenvalue weighted by Crippen LogP contribution is 1.90. The average molecular weight is 244 g/mol. The molecule has 0 aromatic carbocycles. The van der Waals surface area contributed by atoms with Gasteiger partial charge < -0.3 is 15.4 Å². The van der Waals surface area contributed by atoms with Crippen LogP contribution in [0.5, 0.6) is 0 Å². The maximum Gasteiger partial charge on any atom is 0.236 e.